The molecule has 0 saturated heterocycles. The molecule has 3 heterocycles. The van der Waals surface area contributed by atoms with Gasteiger partial charge >= 0.3 is 5.97 Å². The van der Waals surface area contributed by atoms with Gasteiger partial charge in [0.2, 0.25) is 5.91 Å². The van der Waals surface area contributed by atoms with E-state index in [-0.39, 0.29) is 38.7 Å². The summed E-state index contributed by atoms with van der Waals surface area (Å²) in [6.45, 7) is 7.88. The zero-order valence-electron chi connectivity index (χ0n) is 27.6. The Morgan fingerprint density at radius 3 is 1.52 bits per heavy atom. The topological polar surface area (TPSA) is 157 Å². The van der Waals surface area contributed by atoms with Gasteiger partial charge in [-0.05, 0) is 125 Å². The molecule has 0 unspecified atom stereocenters. The fourth-order valence-corrected chi connectivity index (χ4v) is 7.86. The van der Waals surface area contributed by atoms with E-state index in [1.807, 2.05) is 64.1 Å². The fraction of sp³-hybridized carbons (Fsp3) is 0.0976. The molecule has 0 aliphatic carbocycles. The number of anilines is 2. The number of benzene rings is 7. The van der Waals surface area contributed by atoms with E-state index in [1.165, 1.54) is 12.1 Å². The van der Waals surface area contributed by atoms with Crippen LogP contribution in [0.15, 0.2) is 88.5 Å². The molecular weight excluding hydrogens is 628 g/mol. The van der Waals surface area contributed by atoms with Crippen LogP contribution in [0.25, 0.3) is 53.9 Å². The number of hydrogen-bond donors (Lipinski definition) is 4. The molecule has 244 valence electrons. The molecule has 10 aromatic rings. The average Bonchev–Trinajstić information content (AvgIpc) is 3.09. The number of primary amides is 1. The van der Waals surface area contributed by atoms with Crippen LogP contribution >= 0.6 is 0 Å². The summed E-state index contributed by atoms with van der Waals surface area (Å²) in [4.78, 5) is 58.2. The second-order valence-electron chi connectivity index (χ2n) is 13.2. The molecule has 0 aliphatic heterocycles. The molecule has 0 radical (unpaired) electrons. The van der Waals surface area contributed by atoms with Crippen molar-refractivity contribution in [2.75, 3.05) is 4.90 Å². The predicted molar refractivity (Wildman–Crippen MR) is 200 cm³/mol. The number of carboxylic acid groups (broad SMARTS) is 1. The number of nitrogens with one attached hydrogen (secondary N) is 2. The summed E-state index contributed by atoms with van der Waals surface area (Å²) in [6, 6.07) is 23.1. The van der Waals surface area contributed by atoms with Crippen molar-refractivity contribution in [3.05, 3.63) is 139 Å². The number of H-pyrrole nitrogens is 1. The quantitative estimate of drug-likeness (QED) is 0.0646. The summed E-state index contributed by atoms with van der Waals surface area (Å²) < 4.78 is 0. The number of aromatic nitrogens is 1. The van der Waals surface area contributed by atoms with E-state index in [4.69, 9.17) is 5.73 Å². The lowest BCUT2D eigenvalue weighted by molar-refractivity contribution is 0.0699. The van der Waals surface area contributed by atoms with E-state index in [1.54, 1.807) is 35.2 Å². The molecule has 10 bridgehead atoms. The molecule has 9 heteroatoms. The van der Waals surface area contributed by atoms with Gasteiger partial charge in [-0.15, -0.1) is 0 Å². The highest BCUT2D eigenvalue weighted by molar-refractivity contribution is 6.41. The lowest BCUT2D eigenvalue weighted by Gasteiger charge is -2.29. The van der Waals surface area contributed by atoms with Crippen LogP contribution in [-0.4, -0.2) is 27.8 Å². The fourth-order valence-electron chi connectivity index (χ4n) is 7.86. The first kappa shape index (κ1) is 30.7. The molecule has 0 spiro atoms. The number of rotatable bonds is 5. The van der Waals surface area contributed by atoms with E-state index in [0.717, 1.165) is 22.3 Å². The lowest BCUT2D eigenvalue weighted by atomic mass is 9.83. The number of carbonyl (C=O) groups excluding carboxylic acids is 1. The standard InChI is InChI=1S/C41H30N4O5/c1-18-11-19(2)14-22(13-18)45(23-15-20(3)12-21(4)16-23)37(42)30-17-31(41(49)50)33-26-7-8-27(38(43)46)34-28-9-5-24(32(26)34)25-6-10-29(35(30)36(25)33)40(48)44-39(28)47/h5-17,42H,1-4H3,(H2,43,46)(H,49,50)(H,44,47,48). The van der Waals surface area contributed by atoms with Crippen LogP contribution in [0, 0.1) is 33.1 Å². The van der Waals surface area contributed by atoms with Crippen molar-refractivity contribution in [3.63, 3.8) is 0 Å². The van der Waals surface area contributed by atoms with E-state index in [2.05, 4.69) is 4.98 Å². The van der Waals surface area contributed by atoms with Gasteiger partial charge in [-0.2, -0.15) is 0 Å². The third kappa shape index (κ3) is 4.36. The second-order valence-corrected chi connectivity index (χ2v) is 13.2. The largest absolute Gasteiger partial charge is 0.478 e. The van der Waals surface area contributed by atoms with Gasteiger partial charge in [-0.1, -0.05) is 30.3 Å². The number of amides is 1. The van der Waals surface area contributed by atoms with Crippen molar-refractivity contribution in [2.45, 2.75) is 27.7 Å². The molecule has 9 nitrogen and oxygen atoms in total. The molecule has 10 rings (SSSR count). The number of nitrogens with two attached hydrogens (primary N) is 1. The minimum absolute atomic E-state index is 0.0590. The van der Waals surface area contributed by atoms with Crippen LogP contribution in [-0.2, 0) is 0 Å². The van der Waals surface area contributed by atoms with Gasteiger partial charge in [-0.25, -0.2) is 4.79 Å². The molecule has 0 fully saturated rings. The Balaban J connectivity index is 1.63. The molecule has 50 heavy (non-hydrogen) atoms. The smallest absolute Gasteiger partial charge is 0.336 e. The number of aryl methyl sites for hydroxylation is 4. The lowest BCUT2D eigenvalue weighted by Crippen LogP contribution is -2.27. The van der Waals surface area contributed by atoms with Crippen molar-refractivity contribution >= 4 is 82.9 Å². The van der Waals surface area contributed by atoms with Crippen molar-refractivity contribution in [1.82, 2.24) is 4.98 Å². The first-order chi connectivity index (χ1) is 23.8. The molecule has 0 aliphatic rings. The van der Waals surface area contributed by atoms with Crippen LogP contribution in [0.2, 0.25) is 0 Å². The third-order valence-electron chi connectivity index (χ3n) is 9.62. The van der Waals surface area contributed by atoms with Crippen molar-refractivity contribution in [3.8, 4) is 0 Å². The van der Waals surface area contributed by atoms with Crippen LogP contribution in [0.5, 0.6) is 0 Å². The number of fused-ring (bicyclic) bond motifs is 1. The summed E-state index contributed by atoms with van der Waals surface area (Å²) in [6.07, 6.45) is 0. The minimum atomic E-state index is -1.24. The number of amidine groups is 1. The van der Waals surface area contributed by atoms with E-state index in [9.17, 15) is 29.7 Å². The predicted octanol–water partition coefficient (Wildman–Crippen LogP) is 7.57. The monoisotopic (exact) mass is 658 g/mol. The number of hydrogen-bond acceptors (Lipinski definition) is 5. The van der Waals surface area contributed by atoms with Crippen LogP contribution < -0.4 is 21.8 Å². The van der Waals surface area contributed by atoms with Gasteiger partial charge < -0.3 is 10.8 Å². The van der Waals surface area contributed by atoms with Gasteiger partial charge in [0.05, 0.1) is 5.56 Å². The van der Waals surface area contributed by atoms with Gasteiger partial charge in [0.15, 0.2) is 0 Å². The highest BCUT2D eigenvalue weighted by atomic mass is 16.4. The maximum Gasteiger partial charge on any atom is 0.336 e. The Morgan fingerprint density at radius 2 is 1.02 bits per heavy atom. The van der Waals surface area contributed by atoms with Crippen molar-refractivity contribution in [2.24, 2.45) is 5.73 Å². The summed E-state index contributed by atoms with van der Waals surface area (Å²) in [5, 5.41) is 24.5. The first-order valence-electron chi connectivity index (χ1n) is 16.0. The normalized spacial score (nSPS) is 11.8. The van der Waals surface area contributed by atoms with Gasteiger partial charge in [0, 0.05) is 49.4 Å². The van der Waals surface area contributed by atoms with Crippen LogP contribution in [0.3, 0.4) is 0 Å². The number of aromatic amines is 1. The second kappa shape index (κ2) is 10.7. The Labute approximate surface area is 284 Å². The average molecular weight is 659 g/mol. The number of carboxylic acids is 1. The minimum Gasteiger partial charge on any atom is -0.478 e. The Hall–Kier alpha value is -6.61. The van der Waals surface area contributed by atoms with Gasteiger partial charge in [-0.3, -0.25) is 29.7 Å². The number of aromatic carboxylic acids is 1. The Bertz CT molecular complexity index is 2850. The molecule has 5 N–H and O–H groups in total. The summed E-state index contributed by atoms with van der Waals surface area (Å²) in [5.74, 6) is -2.07. The summed E-state index contributed by atoms with van der Waals surface area (Å²) in [7, 11) is 0. The molecule has 1 amide bonds. The zero-order valence-corrected chi connectivity index (χ0v) is 27.6. The summed E-state index contributed by atoms with van der Waals surface area (Å²) >= 11 is 0. The van der Waals surface area contributed by atoms with E-state index >= 15 is 0 Å². The molecule has 7 aromatic carbocycles. The highest BCUT2D eigenvalue weighted by Gasteiger charge is 2.28. The van der Waals surface area contributed by atoms with Crippen molar-refractivity contribution in [1.29, 1.82) is 5.41 Å². The molecular formula is C41H30N4O5. The maximum atomic E-state index is 14.2. The zero-order chi connectivity index (χ0) is 35.3. The van der Waals surface area contributed by atoms with Crippen LogP contribution in [0.4, 0.5) is 11.4 Å². The SMILES string of the molecule is Cc1cc(C)cc(N(C(=N)c2cc(C(=O)O)c3c4ccc(C(N)=O)c5c6ccc(c7ccc(c(=O)[nH]c6=O)c2c73)c45)c2cc(C)cc(C)c2)c1. The van der Waals surface area contributed by atoms with E-state index in [0.29, 0.717) is 49.1 Å². The third-order valence-corrected chi connectivity index (χ3v) is 9.62. The Kier molecular flexibility index (Phi) is 6.57. The van der Waals surface area contributed by atoms with Crippen molar-refractivity contribution < 1.29 is 14.7 Å². The highest BCUT2D eigenvalue weighted by Crippen LogP contribution is 2.46. The van der Waals surface area contributed by atoms with Gasteiger partial charge in [0.1, 0.15) is 5.84 Å². The van der Waals surface area contributed by atoms with E-state index < -0.39 is 23.0 Å². The maximum absolute atomic E-state index is 14.2. The molecule has 0 atom stereocenters. The molecule has 3 aromatic heterocycles. The van der Waals surface area contributed by atoms with Gasteiger partial charge in [0.25, 0.3) is 11.1 Å². The first-order valence-corrected chi connectivity index (χ1v) is 16.0. The Morgan fingerprint density at radius 1 is 0.580 bits per heavy atom. The number of nitrogens with zero attached hydrogens (tertiary/aromatic N) is 1. The number of carbonyl (C=O) groups is 2. The molecule has 0 saturated carbocycles. The summed E-state index contributed by atoms with van der Waals surface area (Å²) in [5.41, 5.74) is 9.79. The van der Waals surface area contributed by atoms with Crippen LogP contribution in [0.1, 0.15) is 48.5 Å².